The van der Waals surface area contributed by atoms with E-state index in [0.717, 1.165) is 0 Å². The lowest BCUT2D eigenvalue weighted by molar-refractivity contribution is -0.145. The molecular weight excluding hydrogens is 266 g/mol. The van der Waals surface area contributed by atoms with Crippen molar-refractivity contribution in [1.29, 1.82) is 0 Å². The standard InChI is InChI=1S/C10H6F6O2/c11-7-2-1-5(3-6(7)10(14,15)16)9(12,13)4-8(17)18/h1-3H,4H2,(H,17,18). The van der Waals surface area contributed by atoms with E-state index in [2.05, 4.69) is 0 Å². The molecule has 1 aromatic rings. The number of aliphatic carboxylic acids is 1. The summed E-state index contributed by atoms with van der Waals surface area (Å²) in [5.41, 5.74) is -3.05. The first-order chi connectivity index (χ1) is 8.04. The molecule has 0 bridgehead atoms. The maximum absolute atomic E-state index is 13.2. The van der Waals surface area contributed by atoms with E-state index in [1.165, 1.54) is 0 Å². The monoisotopic (exact) mass is 272 g/mol. The van der Waals surface area contributed by atoms with Crippen molar-refractivity contribution in [3.63, 3.8) is 0 Å². The molecule has 0 saturated carbocycles. The maximum Gasteiger partial charge on any atom is 0.419 e. The summed E-state index contributed by atoms with van der Waals surface area (Å²) in [7, 11) is 0. The van der Waals surface area contributed by atoms with Crippen molar-refractivity contribution in [3.05, 3.63) is 35.1 Å². The Morgan fingerprint density at radius 3 is 2.17 bits per heavy atom. The molecule has 8 heteroatoms. The number of halogens is 6. The van der Waals surface area contributed by atoms with Crippen molar-refractivity contribution in [2.75, 3.05) is 0 Å². The molecular formula is C10H6F6O2. The fourth-order valence-electron chi connectivity index (χ4n) is 1.26. The second-order valence-corrected chi connectivity index (χ2v) is 3.47. The Hall–Kier alpha value is -1.73. The number of carboxylic acid groups (broad SMARTS) is 1. The Morgan fingerprint density at radius 2 is 1.72 bits per heavy atom. The first-order valence-corrected chi connectivity index (χ1v) is 4.51. The van der Waals surface area contributed by atoms with Crippen LogP contribution in [-0.4, -0.2) is 11.1 Å². The van der Waals surface area contributed by atoms with Crippen molar-refractivity contribution in [3.8, 4) is 0 Å². The summed E-state index contributed by atoms with van der Waals surface area (Å²) in [6, 6.07) is 0.569. The third-order valence-corrected chi connectivity index (χ3v) is 2.07. The van der Waals surface area contributed by atoms with E-state index < -0.39 is 41.4 Å². The van der Waals surface area contributed by atoms with Crippen LogP contribution in [-0.2, 0) is 16.9 Å². The molecule has 0 aliphatic carbocycles. The van der Waals surface area contributed by atoms with Crippen molar-refractivity contribution < 1.29 is 36.2 Å². The lowest BCUT2D eigenvalue weighted by Gasteiger charge is -2.16. The summed E-state index contributed by atoms with van der Waals surface area (Å²) >= 11 is 0. The van der Waals surface area contributed by atoms with Crippen LogP contribution < -0.4 is 0 Å². The Morgan fingerprint density at radius 1 is 1.17 bits per heavy atom. The summed E-state index contributed by atoms with van der Waals surface area (Å²) in [6.45, 7) is 0. The molecule has 0 aromatic heterocycles. The highest BCUT2D eigenvalue weighted by Gasteiger charge is 2.39. The molecule has 0 aliphatic rings. The predicted octanol–water partition coefficient (Wildman–Crippen LogP) is 3.41. The quantitative estimate of drug-likeness (QED) is 0.856. The van der Waals surface area contributed by atoms with Gasteiger partial charge in [-0.3, -0.25) is 4.79 Å². The van der Waals surface area contributed by atoms with Gasteiger partial charge in [-0.05, 0) is 12.1 Å². The fourth-order valence-corrected chi connectivity index (χ4v) is 1.26. The highest BCUT2D eigenvalue weighted by Crippen LogP contribution is 2.37. The van der Waals surface area contributed by atoms with Gasteiger partial charge in [0.15, 0.2) is 0 Å². The first-order valence-electron chi connectivity index (χ1n) is 4.51. The van der Waals surface area contributed by atoms with Crippen LogP contribution in [0.4, 0.5) is 26.3 Å². The van der Waals surface area contributed by atoms with Crippen LogP contribution in [0.3, 0.4) is 0 Å². The molecule has 2 nitrogen and oxygen atoms in total. The molecule has 1 N–H and O–H groups in total. The Balaban J connectivity index is 3.24. The van der Waals surface area contributed by atoms with Crippen LogP contribution in [0, 0.1) is 5.82 Å². The maximum atomic E-state index is 13.2. The van der Waals surface area contributed by atoms with Crippen molar-refractivity contribution in [2.24, 2.45) is 0 Å². The van der Waals surface area contributed by atoms with Gasteiger partial charge in [0.2, 0.25) is 0 Å². The molecule has 0 aliphatic heterocycles. The fraction of sp³-hybridized carbons (Fsp3) is 0.300. The Bertz CT molecular complexity index is 466. The van der Waals surface area contributed by atoms with E-state index in [1.807, 2.05) is 0 Å². The van der Waals surface area contributed by atoms with E-state index >= 15 is 0 Å². The number of rotatable bonds is 3. The smallest absolute Gasteiger partial charge is 0.419 e. The minimum Gasteiger partial charge on any atom is -0.481 e. The van der Waals surface area contributed by atoms with E-state index in [0.29, 0.717) is 6.07 Å². The molecule has 1 rings (SSSR count). The molecule has 0 saturated heterocycles. The third-order valence-electron chi connectivity index (χ3n) is 2.07. The molecule has 0 spiro atoms. The van der Waals surface area contributed by atoms with Gasteiger partial charge in [0.1, 0.15) is 12.2 Å². The average molecular weight is 272 g/mol. The van der Waals surface area contributed by atoms with Gasteiger partial charge in [0.05, 0.1) is 5.56 Å². The van der Waals surface area contributed by atoms with Crippen molar-refractivity contribution in [1.82, 2.24) is 0 Å². The minimum atomic E-state index is -5.13. The van der Waals surface area contributed by atoms with Crippen LogP contribution in [0.5, 0.6) is 0 Å². The summed E-state index contributed by atoms with van der Waals surface area (Å²) in [5.74, 6) is -7.57. The number of hydrogen-bond acceptors (Lipinski definition) is 1. The number of benzene rings is 1. The first kappa shape index (κ1) is 14.3. The molecule has 100 valence electrons. The van der Waals surface area contributed by atoms with E-state index in [-0.39, 0.29) is 12.1 Å². The number of carbonyl (C=O) groups is 1. The predicted molar refractivity (Wildman–Crippen MR) is 47.5 cm³/mol. The zero-order valence-corrected chi connectivity index (χ0v) is 8.56. The highest BCUT2D eigenvalue weighted by atomic mass is 19.4. The van der Waals surface area contributed by atoms with Crippen LogP contribution in [0.1, 0.15) is 17.5 Å². The van der Waals surface area contributed by atoms with Gasteiger partial charge < -0.3 is 5.11 Å². The van der Waals surface area contributed by atoms with E-state index in [9.17, 15) is 31.1 Å². The molecule has 1 aromatic carbocycles. The summed E-state index contributed by atoms with van der Waals surface area (Å²) in [6.07, 6.45) is -6.80. The summed E-state index contributed by atoms with van der Waals surface area (Å²) < 4.78 is 76.1. The lowest BCUT2D eigenvalue weighted by atomic mass is 10.0. The molecule has 0 atom stereocenters. The Labute approximate surface area is 96.8 Å². The van der Waals surface area contributed by atoms with E-state index in [4.69, 9.17) is 5.11 Å². The molecule has 0 heterocycles. The molecule has 0 unspecified atom stereocenters. The number of carboxylic acids is 1. The zero-order valence-electron chi connectivity index (χ0n) is 8.56. The van der Waals surface area contributed by atoms with Crippen molar-refractivity contribution >= 4 is 5.97 Å². The molecule has 0 radical (unpaired) electrons. The normalized spacial score (nSPS) is 12.6. The number of alkyl halides is 5. The average Bonchev–Trinajstić information content (AvgIpc) is 2.13. The second kappa shape index (κ2) is 4.51. The van der Waals surface area contributed by atoms with E-state index in [1.54, 1.807) is 0 Å². The van der Waals surface area contributed by atoms with Gasteiger partial charge in [0.25, 0.3) is 5.92 Å². The van der Waals surface area contributed by atoms with Crippen LogP contribution in [0.2, 0.25) is 0 Å². The van der Waals surface area contributed by atoms with Crippen LogP contribution in [0.25, 0.3) is 0 Å². The lowest BCUT2D eigenvalue weighted by Crippen LogP contribution is -2.20. The molecule has 0 fully saturated rings. The minimum absolute atomic E-state index is 0.0850. The summed E-state index contributed by atoms with van der Waals surface area (Å²) in [4.78, 5) is 10.2. The largest absolute Gasteiger partial charge is 0.481 e. The van der Waals surface area contributed by atoms with Gasteiger partial charge in [0, 0.05) is 5.56 Å². The van der Waals surface area contributed by atoms with Crippen LogP contribution in [0.15, 0.2) is 18.2 Å². The van der Waals surface area contributed by atoms with Gasteiger partial charge in [-0.25, -0.2) is 13.2 Å². The topological polar surface area (TPSA) is 37.3 Å². The highest BCUT2D eigenvalue weighted by molar-refractivity contribution is 5.68. The molecule has 0 amide bonds. The van der Waals surface area contributed by atoms with Gasteiger partial charge >= 0.3 is 12.1 Å². The zero-order chi connectivity index (χ0) is 14.1. The number of hydrogen-bond donors (Lipinski definition) is 1. The SMILES string of the molecule is O=C(O)CC(F)(F)c1ccc(F)c(C(F)(F)F)c1. The van der Waals surface area contributed by atoms with Gasteiger partial charge in [-0.1, -0.05) is 6.07 Å². The Kier molecular flexibility index (Phi) is 3.59. The van der Waals surface area contributed by atoms with Crippen molar-refractivity contribution in [2.45, 2.75) is 18.5 Å². The van der Waals surface area contributed by atoms with Crippen LogP contribution >= 0.6 is 0 Å². The van der Waals surface area contributed by atoms with Gasteiger partial charge in [-0.2, -0.15) is 13.2 Å². The summed E-state index contributed by atoms with van der Waals surface area (Å²) in [5, 5.41) is 8.22. The van der Waals surface area contributed by atoms with Gasteiger partial charge in [-0.15, -0.1) is 0 Å². The molecule has 18 heavy (non-hydrogen) atoms. The second-order valence-electron chi connectivity index (χ2n) is 3.47. The third kappa shape index (κ3) is 3.14.